The second kappa shape index (κ2) is 10.8. The van der Waals surface area contributed by atoms with Crippen molar-refractivity contribution < 1.29 is 14.6 Å². The number of para-hydroxylation sites is 1. The minimum absolute atomic E-state index is 0.141. The van der Waals surface area contributed by atoms with Gasteiger partial charge >= 0.3 is 12.1 Å². The van der Waals surface area contributed by atoms with Gasteiger partial charge in [-0.05, 0) is 45.0 Å². The van der Waals surface area contributed by atoms with Gasteiger partial charge in [-0.25, -0.2) is 4.79 Å². The van der Waals surface area contributed by atoms with Crippen LogP contribution in [-0.2, 0) is 20.0 Å². The number of ether oxygens (including phenoxy) is 1. The molecular formula is C29H36N8O3. The highest BCUT2D eigenvalue weighted by molar-refractivity contribution is 5.92. The maximum Gasteiger partial charge on any atom is 0.407 e. The lowest BCUT2D eigenvalue weighted by molar-refractivity contribution is 0.119. The van der Waals surface area contributed by atoms with E-state index >= 15 is 0 Å². The summed E-state index contributed by atoms with van der Waals surface area (Å²) in [5.74, 6) is 0.810. The van der Waals surface area contributed by atoms with Crippen LogP contribution in [0.25, 0.3) is 10.9 Å². The highest BCUT2D eigenvalue weighted by atomic mass is 16.5. The third kappa shape index (κ3) is 4.88. The highest BCUT2D eigenvalue weighted by Crippen LogP contribution is 2.35. The number of hydrogen-bond donors (Lipinski definition) is 1. The molecule has 0 saturated carbocycles. The smallest absolute Gasteiger partial charge is 0.407 e. The van der Waals surface area contributed by atoms with Crippen molar-refractivity contribution in [1.82, 2.24) is 24.3 Å². The first-order valence-corrected chi connectivity index (χ1v) is 14.1. The van der Waals surface area contributed by atoms with E-state index in [1.807, 2.05) is 0 Å². The Hall–Kier alpha value is -4.04. The third-order valence-electron chi connectivity index (χ3n) is 8.67. The summed E-state index contributed by atoms with van der Waals surface area (Å²) in [6.07, 6.45) is 4.26. The molecule has 2 aromatic heterocycles. The number of likely N-dealkylation sites (tertiary alicyclic amines) is 1. The SMILES string of the molecule is CN1CCC[C@H]1COc1nc2c(c(N3CCN(C(=O)O)[C@@H](CC#N)C3)n1)CCN(c1cccc3ccn(C)c13)C2. The van der Waals surface area contributed by atoms with Gasteiger partial charge in [0.05, 0.1) is 42.0 Å². The zero-order chi connectivity index (χ0) is 27.8. The summed E-state index contributed by atoms with van der Waals surface area (Å²) in [6.45, 7) is 4.30. The number of piperazine rings is 1. The Labute approximate surface area is 234 Å². The second-order valence-corrected chi connectivity index (χ2v) is 11.1. The van der Waals surface area contributed by atoms with Crippen LogP contribution in [0, 0.1) is 11.3 Å². The van der Waals surface area contributed by atoms with Crippen LogP contribution in [-0.4, -0.2) is 94.0 Å². The lowest BCUT2D eigenvalue weighted by Crippen LogP contribution is -2.55. The molecular weight excluding hydrogens is 508 g/mol. The maximum absolute atomic E-state index is 11.8. The van der Waals surface area contributed by atoms with E-state index in [0.29, 0.717) is 44.8 Å². The second-order valence-electron chi connectivity index (χ2n) is 11.1. The minimum Gasteiger partial charge on any atom is -0.465 e. The van der Waals surface area contributed by atoms with Crippen LogP contribution >= 0.6 is 0 Å². The quantitative estimate of drug-likeness (QED) is 0.500. The molecule has 1 aromatic carbocycles. The first kappa shape index (κ1) is 26.2. The Morgan fingerprint density at radius 2 is 2.00 bits per heavy atom. The van der Waals surface area contributed by atoms with Gasteiger partial charge in [-0.2, -0.15) is 15.2 Å². The molecule has 3 aliphatic heterocycles. The largest absolute Gasteiger partial charge is 0.465 e. The average molecular weight is 545 g/mol. The molecule has 2 fully saturated rings. The number of aryl methyl sites for hydroxylation is 1. The molecule has 0 radical (unpaired) electrons. The Bertz CT molecular complexity index is 1450. The number of nitriles is 1. The van der Waals surface area contributed by atoms with E-state index in [9.17, 15) is 15.2 Å². The van der Waals surface area contributed by atoms with Gasteiger partial charge in [0.15, 0.2) is 0 Å². The number of hydrogen-bond acceptors (Lipinski definition) is 8. The number of fused-ring (bicyclic) bond motifs is 2. The molecule has 3 aliphatic rings. The molecule has 40 heavy (non-hydrogen) atoms. The van der Waals surface area contributed by atoms with Gasteiger partial charge in [0.25, 0.3) is 0 Å². The average Bonchev–Trinajstić information content (AvgIpc) is 3.55. The number of carbonyl (C=O) groups is 1. The van der Waals surface area contributed by atoms with Crippen LogP contribution in [0.3, 0.4) is 0 Å². The number of carboxylic acid groups (broad SMARTS) is 1. The van der Waals surface area contributed by atoms with Crippen molar-refractivity contribution in [3.05, 3.63) is 41.7 Å². The number of benzene rings is 1. The van der Waals surface area contributed by atoms with Gasteiger partial charge in [0.1, 0.15) is 12.4 Å². The summed E-state index contributed by atoms with van der Waals surface area (Å²) in [7, 11) is 4.20. The van der Waals surface area contributed by atoms with Crippen molar-refractivity contribution >= 4 is 28.5 Å². The van der Waals surface area contributed by atoms with E-state index in [1.54, 1.807) is 0 Å². The standard InChI is InChI=1S/C29H36N8O3/c1-33-12-4-6-22(33)19-40-28-31-24-18-35(25-7-3-5-20-9-13-34(2)26(20)25)14-10-23(24)27(32-28)36-15-16-37(29(38)39)21(17-36)8-11-30/h3,5,7,9,13,21-22H,4,6,8,10,12,14-19H2,1-2H3,(H,38,39)/t21-,22-/m0/s1. The zero-order valence-electron chi connectivity index (χ0n) is 23.2. The van der Waals surface area contributed by atoms with E-state index in [0.717, 1.165) is 49.4 Å². The fourth-order valence-corrected chi connectivity index (χ4v) is 6.45. The van der Waals surface area contributed by atoms with E-state index in [1.165, 1.54) is 21.5 Å². The summed E-state index contributed by atoms with van der Waals surface area (Å²) in [6, 6.07) is 11.0. The molecule has 1 amide bonds. The van der Waals surface area contributed by atoms with Gasteiger partial charge in [-0.3, -0.25) is 0 Å². The van der Waals surface area contributed by atoms with Crippen LogP contribution in [0.15, 0.2) is 30.5 Å². The molecule has 3 aromatic rings. The van der Waals surface area contributed by atoms with Crippen molar-refractivity contribution in [2.24, 2.45) is 7.05 Å². The van der Waals surface area contributed by atoms with Crippen LogP contribution in [0.5, 0.6) is 6.01 Å². The van der Waals surface area contributed by atoms with Crippen LogP contribution in [0.1, 0.15) is 30.5 Å². The maximum atomic E-state index is 11.8. The van der Waals surface area contributed by atoms with Gasteiger partial charge in [0.2, 0.25) is 0 Å². The Balaban J connectivity index is 1.33. The summed E-state index contributed by atoms with van der Waals surface area (Å²) < 4.78 is 8.40. The van der Waals surface area contributed by atoms with Gasteiger partial charge in [-0.15, -0.1) is 0 Å². The van der Waals surface area contributed by atoms with E-state index in [2.05, 4.69) is 69.9 Å². The van der Waals surface area contributed by atoms with Crippen LogP contribution < -0.4 is 14.5 Å². The van der Waals surface area contributed by atoms with Gasteiger partial charge in [-0.1, -0.05) is 12.1 Å². The Morgan fingerprint density at radius 1 is 1.12 bits per heavy atom. The van der Waals surface area contributed by atoms with E-state index < -0.39 is 12.1 Å². The first-order chi connectivity index (χ1) is 19.4. The minimum atomic E-state index is -0.986. The lowest BCUT2D eigenvalue weighted by Gasteiger charge is -2.41. The van der Waals surface area contributed by atoms with Crippen molar-refractivity contribution in [2.45, 2.75) is 44.3 Å². The fourth-order valence-electron chi connectivity index (χ4n) is 6.45. The number of anilines is 2. The number of aromatic nitrogens is 3. The summed E-state index contributed by atoms with van der Waals surface area (Å²) >= 11 is 0. The van der Waals surface area contributed by atoms with Crippen molar-refractivity contribution in [1.29, 1.82) is 5.26 Å². The Morgan fingerprint density at radius 3 is 2.77 bits per heavy atom. The van der Waals surface area contributed by atoms with Gasteiger partial charge in [0, 0.05) is 56.4 Å². The topological polar surface area (TPSA) is 114 Å². The molecule has 11 heteroatoms. The molecule has 210 valence electrons. The predicted molar refractivity (Wildman–Crippen MR) is 152 cm³/mol. The third-order valence-corrected chi connectivity index (χ3v) is 8.67. The van der Waals surface area contributed by atoms with Crippen molar-refractivity contribution in [2.75, 3.05) is 56.2 Å². The molecule has 1 N–H and O–H groups in total. The zero-order valence-corrected chi connectivity index (χ0v) is 23.2. The molecule has 6 rings (SSSR count). The summed E-state index contributed by atoms with van der Waals surface area (Å²) in [5.41, 5.74) is 4.40. The fraction of sp³-hybridized carbons (Fsp3) is 0.517. The molecule has 11 nitrogen and oxygen atoms in total. The van der Waals surface area contributed by atoms with Gasteiger partial charge < -0.3 is 34.0 Å². The predicted octanol–water partition coefficient (Wildman–Crippen LogP) is 3.09. The summed E-state index contributed by atoms with van der Waals surface area (Å²) in [5, 5.41) is 20.3. The molecule has 2 atom stereocenters. The van der Waals surface area contributed by atoms with Crippen LogP contribution in [0.2, 0.25) is 0 Å². The number of rotatable bonds is 6. The van der Waals surface area contributed by atoms with E-state index in [4.69, 9.17) is 14.7 Å². The Kier molecular flexibility index (Phi) is 7.11. The molecule has 2 saturated heterocycles. The number of amides is 1. The lowest BCUT2D eigenvalue weighted by atomic mass is 10.0. The van der Waals surface area contributed by atoms with Crippen LogP contribution in [0.4, 0.5) is 16.3 Å². The van der Waals surface area contributed by atoms with E-state index in [-0.39, 0.29) is 6.42 Å². The highest BCUT2D eigenvalue weighted by Gasteiger charge is 2.34. The molecule has 0 aliphatic carbocycles. The number of nitrogens with zero attached hydrogens (tertiary/aromatic N) is 8. The summed E-state index contributed by atoms with van der Waals surface area (Å²) in [4.78, 5) is 29.9. The first-order valence-electron chi connectivity index (χ1n) is 14.1. The normalized spacial score (nSPS) is 21.5. The molecule has 0 unspecified atom stereocenters. The van der Waals surface area contributed by atoms with Crippen molar-refractivity contribution in [3.8, 4) is 12.1 Å². The molecule has 5 heterocycles. The monoisotopic (exact) mass is 544 g/mol. The molecule has 0 bridgehead atoms. The molecule has 0 spiro atoms. The van der Waals surface area contributed by atoms with Crippen molar-refractivity contribution in [3.63, 3.8) is 0 Å². The number of likely N-dealkylation sites (N-methyl/N-ethyl adjacent to an activating group) is 1.